The van der Waals surface area contributed by atoms with Gasteiger partial charge in [-0.15, -0.1) is 0 Å². The topological polar surface area (TPSA) is 143 Å². The number of aliphatic hydroxyl groups is 2. The Labute approximate surface area is 173 Å². The lowest BCUT2D eigenvalue weighted by molar-refractivity contribution is -0.384. The second kappa shape index (κ2) is 11.0. The number of benzene rings is 2. The average molecular weight is 419 g/mol. The number of urea groups is 1. The van der Waals surface area contributed by atoms with Gasteiger partial charge in [0.1, 0.15) is 6.10 Å². The third-order valence-electron chi connectivity index (χ3n) is 4.49. The zero-order chi connectivity index (χ0) is 22.1. The fourth-order valence-electron chi connectivity index (χ4n) is 2.83. The number of nitrogens with one attached hydrogen (secondary N) is 2. The van der Waals surface area contributed by atoms with Gasteiger partial charge in [-0.2, -0.15) is 0 Å². The molecule has 10 heteroatoms. The van der Waals surface area contributed by atoms with Gasteiger partial charge < -0.3 is 30.3 Å². The van der Waals surface area contributed by atoms with Crippen molar-refractivity contribution < 1.29 is 29.4 Å². The maximum Gasteiger partial charge on any atom is 0.315 e. The molecule has 2 aromatic rings. The van der Waals surface area contributed by atoms with E-state index in [2.05, 4.69) is 10.6 Å². The molecular weight excluding hydrogens is 394 g/mol. The van der Waals surface area contributed by atoms with Crippen LogP contribution in [0.4, 0.5) is 10.5 Å². The molecule has 162 valence electrons. The summed E-state index contributed by atoms with van der Waals surface area (Å²) in [5, 5.41) is 35.8. The highest BCUT2D eigenvalue weighted by molar-refractivity contribution is 5.74. The van der Waals surface area contributed by atoms with E-state index in [1.165, 1.54) is 24.3 Å². The van der Waals surface area contributed by atoms with Gasteiger partial charge in [0.15, 0.2) is 11.5 Å². The largest absolute Gasteiger partial charge is 0.493 e. The molecule has 2 aromatic carbocycles. The van der Waals surface area contributed by atoms with Crippen molar-refractivity contribution in [3.63, 3.8) is 0 Å². The fourth-order valence-corrected chi connectivity index (χ4v) is 2.83. The molecule has 2 amide bonds. The molecule has 0 saturated heterocycles. The first-order chi connectivity index (χ1) is 14.4. The van der Waals surface area contributed by atoms with Crippen molar-refractivity contribution >= 4 is 11.7 Å². The normalized spacial score (nSPS) is 12.5. The van der Waals surface area contributed by atoms with E-state index in [9.17, 15) is 25.1 Å². The van der Waals surface area contributed by atoms with Gasteiger partial charge in [0.05, 0.1) is 31.8 Å². The predicted molar refractivity (Wildman–Crippen MR) is 109 cm³/mol. The molecule has 0 radical (unpaired) electrons. The van der Waals surface area contributed by atoms with Crippen LogP contribution in [0.3, 0.4) is 0 Å². The molecule has 4 N–H and O–H groups in total. The maximum atomic E-state index is 12.1. The van der Waals surface area contributed by atoms with Gasteiger partial charge in [-0.25, -0.2) is 4.79 Å². The first-order valence-corrected chi connectivity index (χ1v) is 9.18. The van der Waals surface area contributed by atoms with Crippen molar-refractivity contribution in [2.75, 3.05) is 27.4 Å². The molecule has 0 heterocycles. The minimum absolute atomic E-state index is 0.118. The second-order valence-electron chi connectivity index (χ2n) is 6.42. The monoisotopic (exact) mass is 419 g/mol. The van der Waals surface area contributed by atoms with E-state index < -0.39 is 29.7 Å². The van der Waals surface area contributed by atoms with E-state index in [0.29, 0.717) is 30.0 Å². The number of amides is 2. The number of hydrogen-bond acceptors (Lipinski definition) is 7. The molecule has 0 aromatic heterocycles. The summed E-state index contributed by atoms with van der Waals surface area (Å²) >= 11 is 0. The van der Waals surface area contributed by atoms with Crippen LogP contribution in [0.2, 0.25) is 0 Å². The molecule has 0 bridgehead atoms. The van der Waals surface area contributed by atoms with Crippen molar-refractivity contribution in [3.8, 4) is 11.5 Å². The lowest BCUT2D eigenvalue weighted by atomic mass is 10.0. The number of aliphatic hydroxyl groups excluding tert-OH is 2. The zero-order valence-electron chi connectivity index (χ0n) is 16.7. The number of nitrogens with zero attached hydrogens (tertiary/aromatic N) is 1. The second-order valence-corrected chi connectivity index (χ2v) is 6.42. The Kier molecular flexibility index (Phi) is 8.39. The summed E-state index contributed by atoms with van der Waals surface area (Å²) in [6.45, 7) is -0.200. The number of nitro benzene ring substituents is 1. The van der Waals surface area contributed by atoms with Crippen molar-refractivity contribution in [3.05, 3.63) is 63.7 Å². The molecule has 10 nitrogen and oxygen atoms in total. The Bertz CT molecular complexity index is 858. The summed E-state index contributed by atoms with van der Waals surface area (Å²) < 4.78 is 10.4. The molecule has 0 saturated carbocycles. The molecule has 2 atom stereocenters. The third-order valence-corrected chi connectivity index (χ3v) is 4.49. The van der Waals surface area contributed by atoms with Crippen LogP contribution in [0.1, 0.15) is 17.2 Å². The maximum absolute atomic E-state index is 12.1. The Morgan fingerprint density at radius 1 is 1.13 bits per heavy atom. The lowest BCUT2D eigenvalue weighted by Crippen LogP contribution is -2.47. The third kappa shape index (κ3) is 6.06. The molecule has 0 spiro atoms. The van der Waals surface area contributed by atoms with Crippen LogP contribution in [0.15, 0.2) is 42.5 Å². The van der Waals surface area contributed by atoms with Gasteiger partial charge in [-0.05, 0) is 41.8 Å². The van der Waals surface area contributed by atoms with Gasteiger partial charge in [-0.1, -0.05) is 6.07 Å². The van der Waals surface area contributed by atoms with Crippen LogP contribution in [0.25, 0.3) is 0 Å². The Morgan fingerprint density at radius 3 is 2.37 bits per heavy atom. The SMILES string of the molecule is COc1ccc(CCNC(=O)N[C@H](CO)[C@H](O)c2ccc([N+](=O)[O-])cc2)cc1OC. The van der Waals surface area contributed by atoms with E-state index in [4.69, 9.17) is 9.47 Å². The van der Waals surface area contributed by atoms with Crippen molar-refractivity contribution in [2.45, 2.75) is 18.6 Å². The van der Waals surface area contributed by atoms with Crippen molar-refractivity contribution in [1.82, 2.24) is 10.6 Å². The quantitative estimate of drug-likeness (QED) is 0.338. The standard InChI is InChI=1S/C20H25N3O7/c1-29-17-8-3-13(11-18(17)30-2)9-10-21-20(26)22-16(12-24)19(25)14-4-6-15(7-5-14)23(27)28/h3-8,11,16,19,24-25H,9-10,12H2,1-2H3,(H2,21,22,26)/t16-,19-/m1/s1. The van der Waals surface area contributed by atoms with Gasteiger partial charge in [-0.3, -0.25) is 10.1 Å². The Hall–Kier alpha value is -3.37. The van der Waals surface area contributed by atoms with Gasteiger partial charge in [0.2, 0.25) is 0 Å². The lowest BCUT2D eigenvalue weighted by Gasteiger charge is -2.22. The highest BCUT2D eigenvalue weighted by Crippen LogP contribution is 2.27. The van der Waals surface area contributed by atoms with Crippen LogP contribution in [0, 0.1) is 10.1 Å². The summed E-state index contributed by atoms with van der Waals surface area (Å²) in [5.74, 6) is 1.20. The zero-order valence-corrected chi connectivity index (χ0v) is 16.7. The van der Waals surface area contributed by atoms with Crippen LogP contribution in [-0.2, 0) is 6.42 Å². The summed E-state index contributed by atoms with van der Waals surface area (Å²) in [6, 6.07) is 9.15. The highest BCUT2D eigenvalue weighted by atomic mass is 16.6. The summed E-state index contributed by atoms with van der Waals surface area (Å²) in [7, 11) is 3.09. The van der Waals surface area contributed by atoms with Gasteiger partial charge >= 0.3 is 6.03 Å². The predicted octanol–water partition coefficient (Wildman–Crippen LogP) is 1.55. The van der Waals surface area contributed by atoms with Crippen LogP contribution < -0.4 is 20.1 Å². The number of non-ortho nitro benzene ring substituents is 1. The number of ether oxygens (including phenoxy) is 2. The number of hydrogen-bond donors (Lipinski definition) is 4. The van der Waals surface area contributed by atoms with Crippen molar-refractivity contribution in [2.24, 2.45) is 0 Å². The Balaban J connectivity index is 1.88. The average Bonchev–Trinajstić information content (AvgIpc) is 2.76. The first-order valence-electron chi connectivity index (χ1n) is 9.18. The fraction of sp³-hybridized carbons (Fsp3) is 0.350. The Morgan fingerprint density at radius 2 is 1.80 bits per heavy atom. The van der Waals surface area contributed by atoms with Crippen LogP contribution in [-0.4, -0.2) is 54.6 Å². The molecule has 0 fully saturated rings. The number of carbonyl (C=O) groups is 1. The van der Waals surface area contributed by atoms with E-state index in [1.807, 2.05) is 12.1 Å². The smallest absolute Gasteiger partial charge is 0.315 e. The number of nitro groups is 1. The van der Waals surface area contributed by atoms with Gasteiger partial charge in [0, 0.05) is 18.7 Å². The van der Waals surface area contributed by atoms with E-state index in [1.54, 1.807) is 20.3 Å². The van der Waals surface area contributed by atoms with Crippen molar-refractivity contribution in [1.29, 1.82) is 0 Å². The molecule has 30 heavy (non-hydrogen) atoms. The first kappa shape index (κ1) is 22.9. The van der Waals surface area contributed by atoms with Crippen LogP contribution in [0.5, 0.6) is 11.5 Å². The molecule has 0 unspecified atom stereocenters. The van der Waals surface area contributed by atoms with E-state index in [0.717, 1.165) is 5.56 Å². The highest BCUT2D eigenvalue weighted by Gasteiger charge is 2.22. The summed E-state index contributed by atoms with van der Waals surface area (Å²) in [4.78, 5) is 22.3. The number of rotatable bonds is 10. The minimum atomic E-state index is -1.23. The molecule has 2 rings (SSSR count). The molecule has 0 aliphatic heterocycles. The summed E-state index contributed by atoms with van der Waals surface area (Å²) in [6.07, 6.45) is -0.699. The molecule has 0 aliphatic carbocycles. The summed E-state index contributed by atoms with van der Waals surface area (Å²) in [5.41, 5.74) is 1.15. The number of methoxy groups -OCH3 is 2. The molecular formula is C20H25N3O7. The molecule has 0 aliphatic rings. The minimum Gasteiger partial charge on any atom is -0.493 e. The number of carbonyl (C=O) groups excluding carboxylic acids is 1. The van der Waals surface area contributed by atoms with Crippen LogP contribution >= 0.6 is 0 Å². The van der Waals surface area contributed by atoms with Gasteiger partial charge in [0.25, 0.3) is 5.69 Å². The van der Waals surface area contributed by atoms with E-state index >= 15 is 0 Å². The van der Waals surface area contributed by atoms with E-state index in [-0.39, 0.29) is 5.69 Å².